The summed E-state index contributed by atoms with van der Waals surface area (Å²) in [6.45, 7) is 3.80. The van der Waals surface area contributed by atoms with Crippen LogP contribution in [-0.2, 0) is 4.79 Å². The van der Waals surface area contributed by atoms with Crippen molar-refractivity contribution in [2.45, 2.75) is 25.8 Å². The maximum atomic E-state index is 12.3. The van der Waals surface area contributed by atoms with E-state index in [-0.39, 0.29) is 11.8 Å². The van der Waals surface area contributed by atoms with Gasteiger partial charge in [-0.05, 0) is 56.2 Å². The summed E-state index contributed by atoms with van der Waals surface area (Å²) in [6.07, 6.45) is 2.45. The second-order valence-electron chi connectivity index (χ2n) is 6.41. The third-order valence-electron chi connectivity index (χ3n) is 4.47. The van der Waals surface area contributed by atoms with Crippen LogP contribution < -0.4 is 15.5 Å². The summed E-state index contributed by atoms with van der Waals surface area (Å²) in [5.41, 5.74) is 2.22. The minimum absolute atomic E-state index is 0.278. The van der Waals surface area contributed by atoms with Gasteiger partial charge >= 0.3 is 0 Å². The summed E-state index contributed by atoms with van der Waals surface area (Å²) in [5.74, 6) is -0.651. The first-order valence-corrected chi connectivity index (χ1v) is 9.13. The van der Waals surface area contributed by atoms with Gasteiger partial charge < -0.3 is 15.5 Å². The van der Waals surface area contributed by atoms with Gasteiger partial charge in [-0.15, -0.1) is 0 Å². The van der Waals surface area contributed by atoms with E-state index in [1.165, 1.54) is 18.5 Å². The predicted octanol–water partition coefficient (Wildman–Crippen LogP) is 3.70. The van der Waals surface area contributed by atoms with Crippen LogP contribution in [0.1, 0.15) is 30.1 Å². The normalized spacial score (nSPS) is 14.8. The summed E-state index contributed by atoms with van der Waals surface area (Å²) in [4.78, 5) is 26.9. The second kappa shape index (κ2) is 8.23. The van der Waals surface area contributed by atoms with Crippen LogP contribution in [0, 0.1) is 0 Å². The number of carbonyl (C=O) groups excluding carboxylic acids is 2. The van der Waals surface area contributed by atoms with Crippen molar-refractivity contribution in [1.29, 1.82) is 0 Å². The van der Waals surface area contributed by atoms with Crippen molar-refractivity contribution < 1.29 is 9.59 Å². The van der Waals surface area contributed by atoms with Gasteiger partial charge in [-0.25, -0.2) is 0 Å². The van der Waals surface area contributed by atoms with Gasteiger partial charge in [0.1, 0.15) is 6.04 Å². The Morgan fingerprint density at radius 1 is 1.04 bits per heavy atom. The van der Waals surface area contributed by atoms with Crippen LogP contribution in [-0.4, -0.2) is 30.9 Å². The van der Waals surface area contributed by atoms with Gasteiger partial charge in [0.2, 0.25) is 5.91 Å². The molecule has 136 valence electrons. The van der Waals surface area contributed by atoms with Gasteiger partial charge in [0.25, 0.3) is 5.91 Å². The zero-order chi connectivity index (χ0) is 18.5. The molecular formula is C20H22ClN3O2. The number of nitrogens with one attached hydrogen (secondary N) is 2. The molecule has 5 nitrogen and oxygen atoms in total. The molecule has 0 radical (unpaired) electrons. The third-order valence-corrected chi connectivity index (χ3v) is 4.80. The molecule has 2 aromatic rings. The van der Waals surface area contributed by atoms with Crippen LogP contribution in [0.4, 0.5) is 11.4 Å². The Bertz CT molecular complexity index is 786. The van der Waals surface area contributed by atoms with Crippen molar-refractivity contribution in [3.05, 3.63) is 59.1 Å². The smallest absolute Gasteiger partial charge is 0.253 e. The number of hydrogen-bond acceptors (Lipinski definition) is 3. The SMILES string of the molecule is C[C@@H](NC(=O)c1ccccc1Cl)C(=O)Nc1ccc(N2CCCC2)cc1. The molecule has 0 saturated carbocycles. The van der Waals surface area contributed by atoms with Crippen LogP contribution >= 0.6 is 11.6 Å². The molecule has 2 amide bonds. The van der Waals surface area contributed by atoms with E-state index in [2.05, 4.69) is 15.5 Å². The third kappa shape index (κ3) is 4.35. The first kappa shape index (κ1) is 18.3. The van der Waals surface area contributed by atoms with Crippen molar-refractivity contribution in [2.75, 3.05) is 23.3 Å². The average molecular weight is 372 g/mol. The number of rotatable bonds is 5. The average Bonchev–Trinajstić information content (AvgIpc) is 3.17. The fourth-order valence-corrected chi connectivity index (χ4v) is 3.19. The molecule has 1 aliphatic rings. The van der Waals surface area contributed by atoms with E-state index in [0.717, 1.165) is 13.1 Å². The molecule has 1 heterocycles. The first-order chi connectivity index (χ1) is 12.5. The van der Waals surface area contributed by atoms with E-state index < -0.39 is 6.04 Å². The van der Waals surface area contributed by atoms with E-state index >= 15 is 0 Å². The number of benzene rings is 2. The first-order valence-electron chi connectivity index (χ1n) is 8.76. The number of anilines is 2. The number of amides is 2. The predicted molar refractivity (Wildman–Crippen MR) is 105 cm³/mol. The minimum Gasteiger partial charge on any atom is -0.372 e. The maximum Gasteiger partial charge on any atom is 0.253 e. The van der Waals surface area contributed by atoms with Gasteiger partial charge in [-0.1, -0.05) is 23.7 Å². The minimum atomic E-state index is -0.683. The lowest BCUT2D eigenvalue weighted by molar-refractivity contribution is -0.117. The van der Waals surface area contributed by atoms with Gasteiger partial charge in [0.05, 0.1) is 10.6 Å². The summed E-state index contributed by atoms with van der Waals surface area (Å²) in [6, 6.07) is 13.8. The van der Waals surface area contributed by atoms with Crippen molar-refractivity contribution >= 4 is 34.8 Å². The van der Waals surface area contributed by atoms with Crippen LogP contribution in [0.5, 0.6) is 0 Å². The van der Waals surface area contributed by atoms with Crippen LogP contribution in [0.3, 0.4) is 0 Å². The highest BCUT2D eigenvalue weighted by Crippen LogP contribution is 2.22. The fraction of sp³-hybridized carbons (Fsp3) is 0.300. The second-order valence-corrected chi connectivity index (χ2v) is 6.81. The highest BCUT2D eigenvalue weighted by Gasteiger charge is 2.18. The van der Waals surface area contributed by atoms with E-state index in [4.69, 9.17) is 11.6 Å². The Labute approximate surface area is 158 Å². The number of nitrogens with zero attached hydrogens (tertiary/aromatic N) is 1. The molecule has 0 unspecified atom stereocenters. The van der Waals surface area contributed by atoms with E-state index in [0.29, 0.717) is 16.3 Å². The van der Waals surface area contributed by atoms with Crippen molar-refractivity contribution in [2.24, 2.45) is 0 Å². The van der Waals surface area contributed by atoms with Gasteiger partial charge in [0.15, 0.2) is 0 Å². The molecule has 1 fully saturated rings. The van der Waals surface area contributed by atoms with Crippen molar-refractivity contribution in [3.63, 3.8) is 0 Å². The molecule has 0 bridgehead atoms. The van der Waals surface area contributed by atoms with E-state index in [9.17, 15) is 9.59 Å². The monoisotopic (exact) mass is 371 g/mol. The lowest BCUT2D eigenvalue weighted by Crippen LogP contribution is -2.41. The van der Waals surface area contributed by atoms with Crippen LogP contribution in [0.2, 0.25) is 5.02 Å². The quantitative estimate of drug-likeness (QED) is 0.842. The Hall–Kier alpha value is -2.53. The summed E-state index contributed by atoms with van der Waals surface area (Å²) in [5, 5.41) is 5.85. The topological polar surface area (TPSA) is 61.4 Å². The molecule has 1 saturated heterocycles. The van der Waals surface area contributed by atoms with Crippen molar-refractivity contribution in [1.82, 2.24) is 5.32 Å². The zero-order valence-electron chi connectivity index (χ0n) is 14.7. The Morgan fingerprint density at radius 2 is 1.69 bits per heavy atom. The molecule has 6 heteroatoms. The lowest BCUT2D eigenvalue weighted by Gasteiger charge is -2.18. The van der Waals surface area contributed by atoms with Gasteiger partial charge in [0, 0.05) is 24.5 Å². The largest absolute Gasteiger partial charge is 0.372 e. The molecule has 0 spiro atoms. The molecule has 0 aromatic heterocycles. The van der Waals surface area contributed by atoms with E-state index in [1.54, 1.807) is 31.2 Å². The summed E-state index contributed by atoms with van der Waals surface area (Å²) >= 11 is 6.02. The highest BCUT2D eigenvalue weighted by atomic mass is 35.5. The lowest BCUT2D eigenvalue weighted by atomic mass is 10.2. The van der Waals surface area contributed by atoms with Crippen molar-refractivity contribution in [3.8, 4) is 0 Å². The highest BCUT2D eigenvalue weighted by molar-refractivity contribution is 6.33. The van der Waals surface area contributed by atoms with Crippen LogP contribution in [0.25, 0.3) is 0 Å². The molecule has 3 rings (SSSR count). The van der Waals surface area contributed by atoms with E-state index in [1.807, 2.05) is 24.3 Å². The Kier molecular flexibility index (Phi) is 5.78. The molecule has 1 aliphatic heterocycles. The molecular weight excluding hydrogens is 350 g/mol. The Morgan fingerprint density at radius 3 is 2.35 bits per heavy atom. The number of carbonyl (C=O) groups is 2. The summed E-state index contributed by atoms with van der Waals surface area (Å²) < 4.78 is 0. The molecule has 2 N–H and O–H groups in total. The van der Waals surface area contributed by atoms with Gasteiger partial charge in [-0.2, -0.15) is 0 Å². The molecule has 2 aromatic carbocycles. The van der Waals surface area contributed by atoms with Gasteiger partial charge in [-0.3, -0.25) is 9.59 Å². The Balaban J connectivity index is 1.57. The standard InChI is InChI=1S/C20H22ClN3O2/c1-14(22-20(26)17-6-2-3-7-18(17)21)19(25)23-15-8-10-16(11-9-15)24-12-4-5-13-24/h2-3,6-11,14H,4-5,12-13H2,1H3,(H,22,26)(H,23,25)/t14-/m1/s1. The summed E-state index contributed by atoms with van der Waals surface area (Å²) in [7, 11) is 0. The molecule has 1 atom stereocenters. The maximum absolute atomic E-state index is 12.3. The van der Waals surface area contributed by atoms with Crippen LogP contribution in [0.15, 0.2) is 48.5 Å². The molecule has 0 aliphatic carbocycles. The number of halogens is 1. The number of hydrogen-bond donors (Lipinski definition) is 2. The zero-order valence-corrected chi connectivity index (χ0v) is 15.4. The fourth-order valence-electron chi connectivity index (χ4n) is 2.97. The molecule has 26 heavy (non-hydrogen) atoms.